The Kier molecular flexibility index (Phi) is 9.17. The van der Waals surface area contributed by atoms with Crippen molar-refractivity contribution in [2.24, 2.45) is 0 Å². The van der Waals surface area contributed by atoms with E-state index >= 15 is 0 Å². The monoisotopic (exact) mass is 867 g/mol. The van der Waals surface area contributed by atoms with Crippen molar-refractivity contribution in [2.45, 2.75) is 156 Å². The van der Waals surface area contributed by atoms with E-state index in [1.807, 2.05) is 22.7 Å². The van der Waals surface area contributed by atoms with Crippen LogP contribution in [0.25, 0.3) is 20.2 Å². The summed E-state index contributed by atoms with van der Waals surface area (Å²) in [5, 5.41) is 2.66. The highest BCUT2D eigenvalue weighted by atomic mass is 32.1. The lowest BCUT2D eigenvalue weighted by atomic mass is 9.39. The van der Waals surface area contributed by atoms with E-state index in [2.05, 4.69) is 206 Å². The minimum absolute atomic E-state index is 0.00694. The molecule has 324 valence electrons. The maximum atomic E-state index is 5.89. The highest BCUT2D eigenvalue weighted by molar-refractivity contribution is 7.40. The zero-order valence-electron chi connectivity index (χ0n) is 40.7. The van der Waals surface area contributed by atoms with Crippen LogP contribution in [0.4, 0.5) is 34.3 Å². The van der Waals surface area contributed by atoms with Crippen LogP contribution in [0.3, 0.4) is 0 Å². The molecule has 0 atom stereocenters. The topological polar surface area (TPSA) is 19.4 Å². The summed E-state index contributed by atoms with van der Waals surface area (Å²) in [5.74, 6) is 1.06. The predicted molar refractivity (Wildman–Crippen MR) is 279 cm³/mol. The number of benzene rings is 4. The largest absolute Gasteiger partial charge is 0.310 e. The highest BCUT2D eigenvalue weighted by Crippen LogP contribution is 2.53. The molecule has 63 heavy (non-hydrogen) atoms. The molecule has 0 saturated carbocycles. The molecule has 3 aliphatic rings. The molecule has 0 saturated heterocycles. The molecule has 5 heterocycles. The van der Waals surface area contributed by atoms with Crippen LogP contribution >= 0.6 is 22.7 Å². The summed E-state index contributed by atoms with van der Waals surface area (Å²) < 4.78 is 5.49. The molecule has 0 bridgehead atoms. The van der Waals surface area contributed by atoms with Gasteiger partial charge in [-0.25, -0.2) is 4.98 Å². The fourth-order valence-corrected chi connectivity index (χ4v) is 13.1. The summed E-state index contributed by atoms with van der Waals surface area (Å²) in [4.78, 5) is 11.1. The number of pyridine rings is 1. The molecule has 0 N–H and O–H groups in total. The van der Waals surface area contributed by atoms with Crippen LogP contribution in [0.2, 0.25) is 0 Å². The van der Waals surface area contributed by atoms with Crippen LogP contribution in [0.15, 0.2) is 84.9 Å². The Morgan fingerprint density at radius 1 is 0.508 bits per heavy atom. The number of aromatic nitrogens is 1. The number of fused-ring (bicyclic) bond motifs is 9. The van der Waals surface area contributed by atoms with Crippen molar-refractivity contribution >= 4 is 98.8 Å². The second-order valence-electron chi connectivity index (χ2n) is 24.5. The lowest BCUT2D eigenvalue weighted by molar-refractivity contribution is 0.332. The lowest BCUT2D eigenvalue weighted by Gasteiger charge is -2.44. The zero-order valence-corrected chi connectivity index (χ0v) is 42.4. The van der Waals surface area contributed by atoms with Gasteiger partial charge in [-0.1, -0.05) is 141 Å². The summed E-state index contributed by atoms with van der Waals surface area (Å²) in [6.45, 7) is 37.8. The fraction of sp³-hybridized carbons (Fsp3) is 0.421. The Hall–Kier alpha value is -4.39. The average Bonchev–Trinajstić information content (AvgIpc) is 3.76. The maximum Gasteiger partial charge on any atom is 0.279 e. The van der Waals surface area contributed by atoms with Gasteiger partial charge >= 0.3 is 0 Å². The number of thiophene rings is 2. The van der Waals surface area contributed by atoms with Crippen molar-refractivity contribution in [3.8, 4) is 0 Å². The van der Waals surface area contributed by atoms with Gasteiger partial charge in [-0.05, 0) is 128 Å². The van der Waals surface area contributed by atoms with Gasteiger partial charge in [-0.2, -0.15) is 0 Å². The quantitative estimate of drug-likeness (QED) is 0.161. The predicted octanol–water partition coefficient (Wildman–Crippen LogP) is 15.1. The van der Waals surface area contributed by atoms with Gasteiger partial charge in [0.1, 0.15) is 5.82 Å². The van der Waals surface area contributed by atoms with E-state index in [9.17, 15) is 0 Å². The van der Waals surface area contributed by atoms with E-state index in [1.165, 1.54) is 98.6 Å². The Balaban J connectivity index is 1.36. The molecule has 0 spiro atoms. The van der Waals surface area contributed by atoms with Crippen LogP contribution in [-0.4, -0.2) is 11.7 Å². The third kappa shape index (κ3) is 6.66. The number of rotatable bonds is 2. The van der Waals surface area contributed by atoms with Crippen molar-refractivity contribution in [3.63, 3.8) is 0 Å². The van der Waals surface area contributed by atoms with Gasteiger partial charge in [-0.15, -0.1) is 22.7 Å². The van der Waals surface area contributed by atoms with Crippen LogP contribution in [0.5, 0.6) is 0 Å². The van der Waals surface area contributed by atoms with E-state index in [-0.39, 0.29) is 39.2 Å². The standard InChI is InChI=1S/C57H66BN3S2/c1-52(2,3)33-17-21-36(22-18-33)61-48-39-30-35(54(7,8)9)20-26-44(39)63-50(48)58-46-42(32-45(55(10,11)12)59-51(46)61)60(37-23-24-40-41(31-37)57(15,16)28-27-56(40,13)14)47-38-29-34(53(4,5)6)19-25-43(38)62-49(47)58/h17-26,29-32H,27-28H2,1-16H3. The van der Waals surface area contributed by atoms with E-state index in [4.69, 9.17) is 4.98 Å². The van der Waals surface area contributed by atoms with Gasteiger partial charge in [0.15, 0.2) is 0 Å². The van der Waals surface area contributed by atoms with Crippen LogP contribution < -0.4 is 24.8 Å². The van der Waals surface area contributed by atoms with E-state index < -0.39 is 0 Å². The van der Waals surface area contributed by atoms with Crippen LogP contribution in [-0.2, 0) is 32.5 Å². The molecule has 3 nitrogen and oxygen atoms in total. The molecule has 2 aliphatic heterocycles. The first-order valence-electron chi connectivity index (χ1n) is 23.3. The van der Waals surface area contributed by atoms with Gasteiger partial charge in [-0.3, -0.25) is 4.90 Å². The molecule has 0 radical (unpaired) electrons. The lowest BCUT2D eigenvalue weighted by Crippen LogP contribution is -2.60. The molecule has 0 unspecified atom stereocenters. The first kappa shape index (κ1) is 42.6. The van der Waals surface area contributed by atoms with Crippen molar-refractivity contribution in [1.82, 2.24) is 4.98 Å². The third-order valence-corrected chi connectivity index (χ3v) is 17.1. The van der Waals surface area contributed by atoms with Crippen molar-refractivity contribution in [2.75, 3.05) is 9.80 Å². The Bertz CT molecular complexity index is 3010. The normalized spacial score (nSPS) is 16.9. The first-order chi connectivity index (χ1) is 29.2. The molecular formula is C57H66BN3S2. The molecule has 7 aromatic rings. The van der Waals surface area contributed by atoms with Gasteiger partial charge in [0.25, 0.3) is 6.71 Å². The van der Waals surface area contributed by atoms with Gasteiger partial charge in [0, 0.05) is 52.2 Å². The number of nitrogens with zero attached hydrogens (tertiary/aromatic N) is 3. The van der Waals surface area contributed by atoms with E-state index in [1.54, 1.807) is 0 Å². The maximum absolute atomic E-state index is 5.89. The average molecular weight is 868 g/mol. The van der Waals surface area contributed by atoms with Crippen molar-refractivity contribution in [3.05, 3.63) is 118 Å². The van der Waals surface area contributed by atoms with Gasteiger partial charge < -0.3 is 4.90 Å². The number of anilines is 6. The smallest absolute Gasteiger partial charge is 0.279 e. The second-order valence-corrected chi connectivity index (χ2v) is 26.6. The SMILES string of the molecule is CC(C)(C)c1ccc(N2c3nc(C(C)(C)C)cc4c3B(c3sc5ccc(C(C)(C)C)cc5c3N4c3ccc4c(c3)C(C)(C)CCC4(C)C)c3sc4ccc(C(C)(C)C)cc4c32)cc1. The fourth-order valence-electron chi connectivity index (χ4n) is 10.5. The van der Waals surface area contributed by atoms with Gasteiger partial charge in [0.05, 0.1) is 17.1 Å². The minimum atomic E-state index is -0.205. The molecule has 4 aromatic carbocycles. The second kappa shape index (κ2) is 13.6. The number of hydrogen-bond acceptors (Lipinski definition) is 5. The molecule has 1 aliphatic carbocycles. The Morgan fingerprint density at radius 3 is 1.49 bits per heavy atom. The molecule has 10 rings (SSSR count). The molecular weight excluding hydrogens is 802 g/mol. The Morgan fingerprint density at radius 2 is 0.984 bits per heavy atom. The van der Waals surface area contributed by atoms with E-state index in [0.29, 0.717) is 0 Å². The number of hydrogen-bond donors (Lipinski definition) is 0. The third-order valence-electron chi connectivity index (χ3n) is 14.7. The summed E-state index contributed by atoms with van der Waals surface area (Å²) in [6.07, 6.45) is 2.37. The van der Waals surface area contributed by atoms with Crippen molar-refractivity contribution < 1.29 is 0 Å². The van der Waals surface area contributed by atoms with Crippen LogP contribution in [0, 0.1) is 0 Å². The summed E-state index contributed by atoms with van der Waals surface area (Å²) >= 11 is 3.98. The molecule has 0 amide bonds. The minimum Gasteiger partial charge on any atom is -0.310 e. The highest BCUT2D eigenvalue weighted by Gasteiger charge is 2.49. The first-order valence-corrected chi connectivity index (χ1v) is 24.9. The molecule has 3 aromatic heterocycles. The summed E-state index contributed by atoms with van der Waals surface area (Å²) in [5.41, 5.74) is 15.8. The van der Waals surface area contributed by atoms with Gasteiger partial charge in [0.2, 0.25) is 0 Å². The zero-order chi connectivity index (χ0) is 45.1. The van der Waals surface area contributed by atoms with Crippen LogP contribution in [0.1, 0.15) is 157 Å². The Labute approximate surface area is 386 Å². The van der Waals surface area contributed by atoms with E-state index in [0.717, 1.165) is 17.2 Å². The van der Waals surface area contributed by atoms with Crippen molar-refractivity contribution in [1.29, 1.82) is 0 Å². The summed E-state index contributed by atoms with van der Waals surface area (Å²) in [7, 11) is 0. The summed E-state index contributed by atoms with van der Waals surface area (Å²) in [6, 6.07) is 33.9. The molecule has 0 fully saturated rings. The molecule has 6 heteroatoms.